The molecule has 146 valence electrons. The van der Waals surface area contributed by atoms with E-state index in [1.54, 1.807) is 0 Å². The Balaban J connectivity index is 1.84. The van der Waals surface area contributed by atoms with Crippen LogP contribution in [0.3, 0.4) is 0 Å². The summed E-state index contributed by atoms with van der Waals surface area (Å²) >= 11 is 1.48. The molecule has 2 aliphatic heterocycles. The van der Waals surface area contributed by atoms with Crippen molar-refractivity contribution in [2.24, 2.45) is 0 Å². The van der Waals surface area contributed by atoms with Crippen LogP contribution in [-0.4, -0.2) is 42.0 Å². The van der Waals surface area contributed by atoms with E-state index in [0.717, 1.165) is 16.0 Å². The fourth-order valence-electron chi connectivity index (χ4n) is 3.99. The molecular weight excluding hydrogens is 372 g/mol. The minimum atomic E-state index is -0.247. The number of ether oxygens (including phenoxy) is 1. The van der Waals surface area contributed by atoms with E-state index in [9.17, 15) is 9.59 Å². The molecule has 1 aromatic heterocycles. The van der Waals surface area contributed by atoms with Crippen LogP contribution in [0.5, 0.6) is 0 Å². The molecule has 2 amide bonds. The Morgan fingerprint density at radius 3 is 2.39 bits per heavy atom. The third-order valence-corrected chi connectivity index (χ3v) is 6.06. The van der Waals surface area contributed by atoms with Crippen molar-refractivity contribution >= 4 is 34.4 Å². The second-order valence-electron chi connectivity index (χ2n) is 7.60. The predicted octanol–water partition coefficient (Wildman–Crippen LogP) is 3.76. The molecule has 1 aromatic carbocycles. The number of carbonyl (C=O) groups excluding carboxylic acids is 2. The number of anilines is 1. The highest BCUT2D eigenvalue weighted by Crippen LogP contribution is 2.38. The Labute approximate surface area is 169 Å². The van der Waals surface area contributed by atoms with Gasteiger partial charge in [-0.05, 0) is 56.3 Å². The summed E-state index contributed by atoms with van der Waals surface area (Å²) in [5.74, 6) is -0.494. The summed E-state index contributed by atoms with van der Waals surface area (Å²) < 4.78 is 5.84. The predicted molar refractivity (Wildman–Crippen MR) is 111 cm³/mol. The van der Waals surface area contributed by atoms with Crippen LogP contribution in [0.2, 0.25) is 0 Å². The average molecular weight is 397 g/mol. The second kappa shape index (κ2) is 7.18. The van der Waals surface area contributed by atoms with Gasteiger partial charge in [-0.25, -0.2) is 4.90 Å². The molecule has 0 radical (unpaired) electrons. The Hall–Kier alpha value is -2.44. The Bertz CT molecular complexity index is 954. The van der Waals surface area contributed by atoms with Gasteiger partial charge < -0.3 is 9.64 Å². The van der Waals surface area contributed by atoms with Crippen molar-refractivity contribution in [3.8, 4) is 0 Å². The van der Waals surface area contributed by atoms with Crippen LogP contribution in [0.4, 0.5) is 5.69 Å². The van der Waals surface area contributed by atoms with Crippen LogP contribution >= 0.6 is 11.3 Å². The highest BCUT2D eigenvalue weighted by molar-refractivity contribution is 7.11. The molecule has 6 heteroatoms. The molecule has 0 spiro atoms. The molecular formula is C22H24N2O3S. The first-order valence-corrected chi connectivity index (χ1v) is 10.4. The average Bonchev–Trinajstić information content (AvgIpc) is 3.23. The molecule has 0 saturated carbocycles. The van der Waals surface area contributed by atoms with Crippen molar-refractivity contribution in [1.29, 1.82) is 0 Å². The Morgan fingerprint density at radius 1 is 1.04 bits per heavy atom. The molecule has 2 unspecified atom stereocenters. The number of carbonyl (C=O) groups is 2. The van der Waals surface area contributed by atoms with Gasteiger partial charge in [0, 0.05) is 18.0 Å². The monoisotopic (exact) mass is 396 g/mol. The zero-order valence-electron chi connectivity index (χ0n) is 16.6. The van der Waals surface area contributed by atoms with Gasteiger partial charge in [0.05, 0.1) is 23.5 Å². The lowest BCUT2D eigenvalue weighted by Gasteiger charge is -2.37. The summed E-state index contributed by atoms with van der Waals surface area (Å²) in [5.41, 5.74) is 3.58. The number of amides is 2. The Kier molecular flexibility index (Phi) is 4.85. The summed E-state index contributed by atoms with van der Waals surface area (Å²) in [7, 11) is 0. The van der Waals surface area contributed by atoms with Crippen molar-refractivity contribution in [3.63, 3.8) is 0 Å². The van der Waals surface area contributed by atoms with Gasteiger partial charge in [0.15, 0.2) is 0 Å². The van der Waals surface area contributed by atoms with Crippen LogP contribution in [0.15, 0.2) is 41.4 Å². The summed E-state index contributed by atoms with van der Waals surface area (Å²) in [6, 6.07) is 9.67. The van der Waals surface area contributed by atoms with E-state index in [2.05, 4.69) is 0 Å². The number of thiophene rings is 1. The van der Waals surface area contributed by atoms with Gasteiger partial charge in [-0.15, -0.1) is 11.3 Å². The number of imide groups is 1. The summed E-state index contributed by atoms with van der Waals surface area (Å²) in [4.78, 5) is 31.3. The van der Waals surface area contributed by atoms with E-state index in [1.807, 2.05) is 68.3 Å². The largest absolute Gasteiger partial charge is 0.372 e. The lowest BCUT2D eigenvalue weighted by molar-refractivity contribution is -0.121. The van der Waals surface area contributed by atoms with E-state index in [-0.39, 0.29) is 24.0 Å². The quantitative estimate of drug-likeness (QED) is 0.742. The molecule has 5 nitrogen and oxygen atoms in total. The topological polar surface area (TPSA) is 49.9 Å². The lowest BCUT2D eigenvalue weighted by Crippen LogP contribution is -2.47. The molecule has 2 aromatic rings. The van der Waals surface area contributed by atoms with Crippen LogP contribution in [0.25, 0.3) is 5.57 Å². The summed E-state index contributed by atoms with van der Waals surface area (Å²) in [6.45, 7) is 9.07. The van der Waals surface area contributed by atoms with Crippen molar-refractivity contribution in [1.82, 2.24) is 4.90 Å². The van der Waals surface area contributed by atoms with Crippen molar-refractivity contribution in [3.05, 3.63) is 57.4 Å². The van der Waals surface area contributed by atoms with Crippen molar-refractivity contribution in [2.45, 2.75) is 39.9 Å². The van der Waals surface area contributed by atoms with E-state index in [1.165, 1.54) is 16.2 Å². The lowest BCUT2D eigenvalue weighted by atomic mass is 10.1. The molecule has 0 bridgehead atoms. The SMILES string of the molecule is Cc1ccc(C)c(N2C(=O)C(c3cccs3)=C(N3CC(C)OC(C)C3)C2=O)c1. The van der Waals surface area contributed by atoms with Crippen LogP contribution in [0.1, 0.15) is 29.9 Å². The molecule has 0 N–H and O–H groups in total. The van der Waals surface area contributed by atoms with E-state index >= 15 is 0 Å². The number of nitrogens with zero attached hydrogens (tertiary/aromatic N) is 2. The molecule has 3 heterocycles. The van der Waals surface area contributed by atoms with E-state index in [0.29, 0.717) is 30.0 Å². The fraction of sp³-hybridized carbons (Fsp3) is 0.364. The van der Waals surface area contributed by atoms with Crippen molar-refractivity contribution < 1.29 is 14.3 Å². The maximum atomic E-state index is 13.6. The standard InChI is InChI=1S/C22H24N2O3S/c1-13-7-8-14(2)17(10-13)24-21(25)19(18-6-5-9-28-18)20(22(24)26)23-11-15(3)27-16(4)12-23/h5-10,15-16H,11-12H2,1-4H3. The molecule has 28 heavy (non-hydrogen) atoms. The van der Waals surface area contributed by atoms with Gasteiger partial charge in [0.1, 0.15) is 5.70 Å². The third kappa shape index (κ3) is 3.16. The minimum absolute atomic E-state index is 0.00139. The third-order valence-electron chi connectivity index (χ3n) is 5.17. The van der Waals surface area contributed by atoms with Gasteiger partial charge in [-0.1, -0.05) is 18.2 Å². The van der Waals surface area contributed by atoms with Crippen molar-refractivity contribution in [2.75, 3.05) is 18.0 Å². The molecule has 1 fully saturated rings. The first kappa shape index (κ1) is 18.9. The van der Waals surface area contributed by atoms with Crippen LogP contribution < -0.4 is 4.90 Å². The highest BCUT2D eigenvalue weighted by atomic mass is 32.1. The highest BCUT2D eigenvalue weighted by Gasteiger charge is 2.44. The Morgan fingerprint density at radius 2 is 1.75 bits per heavy atom. The van der Waals surface area contributed by atoms with Gasteiger partial charge in [0.25, 0.3) is 11.8 Å². The first-order valence-electron chi connectivity index (χ1n) is 9.51. The molecule has 0 aliphatic carbocycles. The van der Waals surface area contributed by atoms with Gasteiger partial charge >= 0.3 is 0 Å². The van der Waals surface area contributed by atoms with Crippen LogP contribution in [-0.2, 0) is 14.3 Å². The fourth-order valence-corrected chi connectivity index (χ4v) is 4.76. The van der Waals surface area contributed by atoms with Gasteiger partial charge in [0.2, 0.25) is 0 Å². The minimum Gasteiger partial charge on any atom is -0.372 e. The smallest absolute Gasteiger partial charge is 0.282 e. The van der Waals surface area contributed by atoms with Gasteiger partial charge in [-0.2, -0.15) is 0 Å². The van der Waals surface area contributed by atoms with Crippen LogP contribution in [0, 0.1) is 13.8 Å². The number of hydrogen-bond acceptors (Lipinski definition) is 5. The number of aryl methyl sites for hydroxylation is 2. The first-order chi connectivity index (χ1) is 13.4. The number of hydrogen-bond donors (Lipinski definition) is 0. The number of rotatable bonds is 3. The second-order valence-corrected chi connectivity index (χ2v) is 8.55. The summed E-state index contributed by atoms with van der Waals surface area (Å²) in [6.07, 6.45) is -0.00279. The zero-order chi connectivity index (χ0) is 20.0. The zero-order valence-corrected chi connectivity index (χ0v) is 17.4. The molecule has 4 rings (SSSR count). The van der Waals surface area contributed by atoms with E-state index in [4.69, 9.17) is 4.74 Å². The maximum absolute atomic E-state index is 13.6. The normalized spacial score (nSPS) is 23.1. The van der Waals surface area contributed by atoms with E-state index < -0.39 is 0 Å². The summed E-state index contributed by atoms with van der Waals surface area (Å²) in [5, 5.41) is 1.93. The molecule has 2 atom stereocenters. The molecule has 1 saturated heterocycles. The maximum Gasteiger partial charge on any atom is 0.282 e. The number of morpholine rings is 1. The molecule has 2 aliphatic rings. The number of benzene rings is 1. The van der Waals surface area contributed by atoms with Gasteiger partial charge in [-0.3, -0.25) is 9.59 Å².